The number of carbonyl (C=O) groups excluding carboxylic acids is 1. The fourth-order valence-corrected chi connectivity index (χ4v) is 3.63. The van der Waals surface area contributed by atoms with Crippen LogP contribution in [-0.4, -0.2) is 23.6 Å². The molecule has 28 heavy (non-hydrogen) atoms. The molecule has 0 bridgehead atoms. The predicted molar refractivity (Wildman–Crippen MR) is 114 cm³/mol. The Morgan fingerprint density at radius 3 is 2.96 bits per heavy atom. The third kappa shape index (κ3) is 5.16. The molecule has 0 spiro atoms. The normalized spacial score (nSPS) is 13.6. The number of allylic oxidation sites excluding steroid dienone is 1. The fourth-order valence-electron chi connectivity index (χ4n) is 3.63. The topological polar surface area (TPSA) is 51.5 Å². The van der Waals surface area contributed by atoms with Gasteiger partial charge in [0, 0.05) is 29.9 Å². The molecule has 0 N–H and O–H groups in total. The van der Waals surface area contributed by atoms with E-state index in [0.29, 0.717) is 6.61 Å². The number of aldehydes is 1. The van der Waals surface area contributed by atoms with Crippen LogP contribution in [0.1, 0.15) is 72.5 Å². The van der Waals surface area contributed by atoms with Gasteiger partial charge in [0.25, 0.3) is 0 Å². The fraction of sp³-hybridized carbons (Fsp3) is 0.375. The van der Waals surface area contributed by atoms with Crippen molar-refractivity contribution < 1.29 is 9.63 Å². The summed E-state index contributed by atoms with van der Waals surface area (Å²) in [6.07, 6.45) is 13.9. The number of hydrogen-bond acceptors (Lipinski definition) is 4. The van der Waals surface area contributed by atoms with Gasteiger partial charge in [-0.2, -0.15) is 0 Å². The Balaban J connectivity index is 1.63. The highest BCUT2D eigenvalue weighted by atomic mass is 16.6. The van der Waals surface area contributed by atoms with Crippen molar-refractivity contribution in [3.63, 3.8) is 0 Å². The smallest absolute Gasteiger partial charge is 0.150 e. The van der Waals surface area contributed by atoms with Crippen molar-refractivity contribution in [1.29, 1.82) is 0 Å². The minimum atomic E-state index is 0.522. The Bertz CT molecular complexity index is 841. The van der Waals surface area contributed by atoms with E-state index in [1.54, 1.807) is 6.20 Å². The van der Waals surface area contributed by atoms with E-state index in [-0.39, 0.29) is 0 Å². The van der Waals surface area contributed by atoms with E-state index in [0.717, 1.165) is 60.8 Å². The van der Waals surface area contributed by atoms with E-state index in [1.807, 2.05) is 30.5 Å². The molecule has 2 aromatic rings. The maximum atomic E-state index is 11.3. The average Bonchev–Trinajstić information content (AvgIpc) is 2.75. The number of nitrogens with zero attached hydrogens (tertiary/aromatic N) is 2. The van der Waals surface area contributed by atoms with Crippen molar-refractivity contribution in [3.05, 3.63) is 71.1 Å². The Morgan fingerprint density at radius 1 is 1.25 bits per heavy atom. The number of pyridine rings is 1. The molecule has 0 unspecified atom stereocenters. The first-order valence-corrected chi connectivity index (χ1v) is 10.2. The molecule has 4 heteroatoms. The van der Waals surface area contributed by atoms with Gasteiger partial charge in [-0.3, -0.25) is 9.78 Å². The lowest BCUT2D eigenvalue weighted by atomic mass is 9.87. The lowest BCUT2D eigenvalue weighted by Crippen LogP contribution is -2.06. The third-order valence-corrected chi connectivity index (χ3v) is 5.12. The average molecular weight is 377 g/mol. The molecule has 0 aliphatic heterocycles. The van der Waals surface area contributed by atoms with Crippen LogP contribution in [0.25, 0.3) is 5.57 Å². The Labute approximate surface area is 167 Å². The lowest BCUT2D eigenvalue weighted by molar-refractivity contribution is 0.112. The number of rotatable bonds is 10. The number of benzene rings is 1. The third-order valence-electron chi connectivity index (χ3n) is 5.12. The van der Waals surface area contributed by atoms with Crippen LogP contribution in [0.3, 0.4) is 0 Å². The van der Waals surface area contributed by atoms with Crippen molar-refractivity contribution in [2.45, 2.75) is 51.9 Å². The van der Waals surface area contributed by atoms with Gasteiger partial charge < -0.3 is 4.84 Å². The summed E-state index contributed by atoms with van der Waals surface area (Å²) in [4.78, 5) is 21.2. The quantitative estimate of drug-likeness (QED) is 0.234. The van der Waals surface area contributed by atoms with Crippen molar-refractivity contribution in [2.24, 2.45) is 5.16 Å². The van der Waals surface area contributed by atoms with Crippen molar-refractivity contribution in [2.75, 3.05) is 6.61 Å². The minimum absolute atomic E-state index is 0.522. The summed E-state index contributed by atoms with van der Waals surface area (Å²) in [6, 6.07) is 9.91. The van der Waals surface area contributed by atoms with Gasteiger partial charge in [0.05, 0.1) is 5.71 Å². The zero-order valence-electron chi connectivity index (χ0n) is 16.6. The maximum Gasteiger partial charge on any atom is 0.150 e. The highest BCUT2D eigenvalue weighted by Crippen LogP contribution is 2.30. The summed E-state index contributed by atoms with van der Waals surface area (Å²) >= 11 is 0. The molecular formula is C24H28N2O2. The molecule has 146 valence electrons. The Morgan fingerprint density at radius 2 is 2.18 bits per heavy atom. The highest BCUT2D eigenvalue weighted by molar-refractivity contribution is 5.99. The molecule has 1 aliphatic rings. The first-order valence-electron chi connectivity index (χ1n) is 10.2. The SMILES string of the molecule is CCCCCC(=NOCCC1=CCCc2c(C=O)cccc21)c1cccnc1. The van der Waals surface area contributed by atoms with E-state index in [2.05, 4.69) is 29.2 Å². The van der Waals surface area contributed by atoms with E-state index < -0.39 is 0 Å². The second-order valence-corrected chi connectivity index (χ2v) is 7.08. The van der Waals surface area contributed by atoms with E-state index in [9.17, 15) is 4.79 Å². The number of fused-ring (bicyclic) bond motifs is 1. The van der Waals surface area contributed by atoms with Gasteiger partial charge in [-0.1, -0.05) is 49.2 Å². The van der Waals surface area contributed by atoms with Crippen LogP contribution in [0.2, 0.25) is 0 Å². The maximum absolute atomic E-state index is 11.3. The molecule has 1 aromatic carbocycles. The number of hydrogen-bond donors (Lipinski definition) is 0. The van der Waals surface area contributed by atoms with Crippen LogP contribution >= 0.6 is 0 Å². The summed E-state index contributed by atoms with van der Waals surface area (Å²) in [6.45, 7) is 2.72. The van der Waals surface area contributed by atoms with Crippen molar-refractivity contribution in [1.82, 2.24) is 4.98 Å². The molecule has 0 saturated heterocycles. The molecule has 0 atom stereocenters. The Hall–Kier alpha value is -2.75. The van der Waals surface area contributed by atoms with Gasteiger partial charge in [-0.25, -0.2) is 0 Å². The molecule has 1 heterocycles. The molecule has 0 amide bonds. The van der Waals surface area contributed by atoms with E-state index >= 15 is 0 Å². The van der Waals surface area contributed by atoms with Crippen LogP contribution in [0, 0.1) is 0 Å². The molecule has 0 radical (unpaired) electrons. The van der Waals surface area contributed by atoms with Crippen LogP contribution in [0.5, 0.6) is 0 Å². The zero-order valence-corrected chi connectivity index (χ0v) is 16.6. The number of oxime groups is 1. The molecular weight excluding hydrogens is 348 g/mol. The van der Waals surface area contributed by atoms with Gasteiger partial charge in [0.2, 0.25) is 0 Å². The summed E-state index contributed by atoms with van der Waals surface area (Å²) in [5, 5.41) is 4.43. The second-order valence-electron chi connectivity index (χ2n) is 7.08. The number of aromatic nitrogens is 1. The summed E-state index contributed by atoms with van der Waals surface area (Å²) in [5.74, 6) is 0. The first kappa shape index (κ1) is 20.0. The molecule has 3 rings (SSSR count). The standard InChI is InChI=1S/C24H28N2O2/c1-2-3-4-13-24(20-10-7-15-25-17-20)26-28-16-14-19-8-5-12-23-21(18-27)9-6-11-22(19)23/h6-11,15,17-18H,2-5,12-14,16H2,1H3. The second kappa shape index (κ2) is 10.5. The highest BCUT2D eigenvalue weighted by Gasteiger charge is 2.15. The summed E-state index contributed by atoms with van der Waals surface area (Å²) in [5.41, 5.74) is 6.37. The minimum Gasteiger partial charge on any atom is -0.395 e. The van der Waals surface area contributed by atoms with Gasteiger partial charge in [0.1, 0.15) is 12.9 Å². The van der Waals surface area contributed by atoms with E-state index in [1.165, 1.54) is 24.0 Å². The van der Waals surface area contributed by atoms with Gasteiger partial charge in [0.15, 0.2) is 0 Å². The van der Waals surface area contributed by atoms with Gasteiger partial charge in [-0.15, -0.1) is 0 Å². The van der Waals surface area contributed by atoms with Crippen LogP contribution in [0.15, 0.2) is 54.0 Å². The lowest BCUT2D eigenvalue weighted by Gasteiger charge is -2.19. The molecule has 4 nitrogen and oxygen atoms in total. The summed E-state index contributed by atoms with van der Waals surface area (Å²) < 4.78 is 0. The van der Waals surface area contributed by atoms with Gasteiger partial charge in [-0.05, 0) is 54.5 Å². The Kier molecular flexibility index (Phi) is 7.53. The van der Waals surface area contributed by atoms with Crippen LogP contribution < -0.4 is 0 Å². The van der Waals surface area contributed by atoms with Crippen LogP contribution in [-0.2, 0) is 11.3 Å². The largest absolute Gasteiger partial charge is 0.395 e. The summed E-state index contributed by atoms with van der Waals surface area (Å²) in [7, 11) is 0. The van der Waals surface area contributed by atoms with E-state index in [4.69, 9.17) is 4.84 Å². The van der Waals surface area contributed by atoms with Gasteiger partial charge >= 0.3 is 0 Å². The predicted octanol–water partition coefficient (Wildman–Crippen LogP) is 5.62. The number of unbranched alkanes of at least 4 members (excludes halogenated alkanes) is 2. The van der Waals surface area contributed by atoms with Crippen LogP contribution in [0.4, 0.5) is 0 Å². The monoisotopic (exact) mass is 376 g/mol. The first-order chi connectivity index (χ1) is 13.8. The van der Waals surface area contributed by atoms with Crippen molar-refractivity contribution >= 4 is 17.6 Å². The zero-order chi connectivity index (χ0) is 19.6. The number of carbonyl (C=O) groups is 1. The molecule has 1 aromatic heterocycles. The molecule has 0 fully saturated rings. The molecule has 1 aliphatic carbocycles. The van der Waals surface area contributed by atoms with Crippen molar-refractivity contribution in [3.8, 4) is 0 Å². The molecule has 0 saturated carbocycles.